The van der Waals surface area contributed by atoms with Crippen LogP contribution >= 0.6 is 11.3 Å². The van der Waals surface area contributed by atoms with Crippen molar-refractivity contribution in [3.05, 3.63) is 83.1 Å². The lowest BCUT2D eigenvalue weighted by molar-refractivity contribution is -0.129. The lowest BCUT2D eigenvalue weighted by Crippen LogP contribution is -2.40. The van der Waals surface area contributed by atoms with E-state index in [1.165, 1.54) is 41.8 Å². The number of hydrogen-bond acceptors (Lipinski definition) is 8. The van der Waals surface area contributed by atoms with Crippen LogP contribution < -0.4 is 4.74 Å². The van der Waals surface area contributed by atoms with Gasteiger partial charge in [-0.3, -0.25) is 14.5 Å². The van der Waals surface area contributed by atoms with E-state index in [2.05, 4.69) is 24.6 Å². The maximum absolute atomic E-state index is 16.2. The first-order valence-electron chi connectivity index (χ1n) is 16.4. The average Bonchev–Trinajstić information content (AvgIpc) is 3.45. The number of carbonyl (C=O) groups is 1. The second-order valence-electron chi connectivity index (χ2n) is 13.2. The first-order valence-corrected chi connectivity index (χ1v) is 17.3. The summed E-state index contributed by atoms with van der Waals surface area (Å²) in [6.45, 7) is 8.70. The van der Waals surface area contributed by atoms with Crippen LogP contribution in [0.3, 0.4) is 0 Å². The third-order valence-electron chi connectivity index (χ3n) is 9.99. The number of likely N-dealkylation sites (N-methyl/N-ethyl adjacent to an activating group) is 1. The molecule has 1 spiro atoms. The van der Waals surface area contributed by atoms with Crippen LogP contribution in [-0.4, -0.2) is 75.9 Å². The molecule has 1 amide bonds. The van der Waals surface area contributed by atoms with Gasteiger partial charge in [0.1, 0.15) is 35.4 Å². The Hall–Kier alpha value is -4.52. The average molecular weight is 683 g/mol. The minimum absolute atomic E-state index is 0.0494. The highest BCUT2D eigenvalue weighted by atomic mass is 32.1. The lowest BCUT2D eigenvalue weighted by atomic mass is 9.90. The number of hydrogen-bond donors (Lipinski definition) is 0. The van der Waals surface area contributed by atoms with E-state index in [-0.39, 0.29) is 41.9 Å². The van der Waals surface area contributed by atoms with Crippen molar-refractivity contribution >= 4 is 27.3 Å². The number of amides is 1. The highest BCUT2D eigenvalue weighted by Gasteiger charge is 2.49. The summed E-state index contributed by atoms with van der Waals surface area (Å²) in [5.41, 5.74) is 6.38. The van der Waals surface area contributed by atoms with Gasteiger partial charge in [-0.25, -0.2) is 13.8 Å². The molecule has 5 aromatic rings. The minimum Gasteiger partial charge on any atom is -0.490 e. The molecule has 12 heteroatoms. The number of ether oxygens (including phenoxy) is 2. The Labute approximate surface area is 286 Å². The van der Waals surface area contributed by atoms with Crippen molar-refractivity contribution in [1.29, 1.82) is 0 Å². The van der Waals surface area contributed by atoms with E-state index >= 15 is 4.39 Å². The van der Waals surface area contributed by atoms with Gasteiger partial charge >= 0.3 is 0 Å². The zero-order valence-electron chi connectivity index (χ0n) is 27.6. The Morgan fingerprint density at radius 1 is 1.14 bits per heavy atom. The van der Waals surface area contributed by atoms with Crippen molar-refractivity contribution in [2.45, 2.75) is 44.3 Å². The van der Waals surface area contributed by atoms with E-state index < -0.39 is 11.6 Å². The van der Waals surface area contributed by atoms with Crippen LogP contribution in [0.1, 0.15) is 42.8 Å². The molecular formula is C37H36F2N6O3S. The third-order valence-corrected chi connectivity index (χ3v) is 10.9. The molecule has 0 saturated heterocycles. The smallest absolute Gasteiger partial charge is 0.246 e. The third kappa shape index (κ3) is 5.33. The predicted octanol–water partition coefficient (Wildman–Crippen LogP) is 6.76. The van der Waals surface area contributed by atoms with Gasteiger partial charge in [0.2, 0.25) is 5.91 Å². The highest BCUT2D eigenvalue weighted by Crippen LogP contribution is 2.52. The fraction of sp³-hybridized carbons (Fsp3) is 0.351. The van der Waals surface area contributed by atoms with Gasteiger partial charge in [0.05, 0.1) is 41.8 Å². The summed E-state index contributed by atoms with van der Waals surface area (Å²) in [6.07, 6.45) is 5.50. The number of benzene rings is 1. The van der Waals surface area contributed by atoms with E-state index in [0.717, 1.165) is 53.3 Å². The zero-order chi connectivity index (χ0) is 34.0. The van der Waals surface area contributed by atoms with Crippen LogP contribution in [0.5, 0.6) is 5.75 Å². The molecule has 252 valence electrons. The molecule has 1 unspecified atom stereocenters. The first kappa shape index (κ1) is 31.7. The van der Waals surface area contributed by atoms with Crippen molar-refractivity contribution < 1.29 is 23.0 Å². The Kier molecular flexibility index (Phi) is 7.84. The number of aromatic nitrogens is 4. The summed E-state index contributed by atoms with van der Waals surface area (Å²) < 4.78 is 44.6. The molecule has 49 heavy (non-hydrogen) atoms. The van der Waals surface area contributed by atoms with Crippen molar-refractivity contribution in [1.82, 2.24) is 29.5 Å². The number of methoxy groups -OCH3 is 1. The molecule has 2 aliphatic heterocycles. The Morgan fingerprint density at radius 2 is 1.98 bits per heavy atom. The Morgan fingerprint density at radius 3 is 2.76 bits per heavy atom. The molecule has 1 aliphatic carbocycles. The summed E-state index contributed by atoms with van der Waals surface area (Å²) in [5, 5.41) is 7.75. The second-order valence-corrected chi connectivity index (χ2v) is 14.1. The molecule has 0 N–H and O–H groups in total. The van der Waals surface area contributed by atoms with E-state index in [1.54, 1.807) is 4.90 Å². The topological polar surface area (TPSA) is 85.6 Å². The number of fused-ring (bicyclic) bond motifs is 4. The van der Waals surface area contributed by atoms with Crippen LogP contribution in [0, 0.1) is 11.6 Å². The van der Waals surface area contributed by atoms with E-state index in [0.29, 0.717) is 35.7 Å². The van der Waals surface area contributed by atoms with Gasteiger partial charge in [-0.1, -0.05) is 6.58 Å². The normalized spacial score (nSPS) is 18.1. The standard InChI is InChI=1S/C37H36F2N6O3S/c1-5-30(46)44-9-10-45-28(21(44)2)17-27(42-45)34-32(31-26(39)15-24(38)16-29(31)48-12-11-47-4)35-25(6-13-49-35)33(41-34)22-14-23-19-43(3)20-37(7-8-37)36(23)40-18-22/h5-6,13-18,21H,1,7-12,19-20H2,2-4H3. The predicted molar refractivity (Wildman–Crippen MR) is 184 cm³/mol. The molecule has 1 fully saturated rings. The van der Waals surface area contributed by atoms with Crippen LogP contribution in [0.15, 0.2) is 54.6 Å². The fourth-order valence-electron chi connectivity index (χ4n) is 7.56. The summed E-state index contributed by atoms with van der Waals surface area (Å²) in [4.78, 5) is 27.1. The largest absolute Gasteiger partial charge is 0.490 e. The van der Waals surface area contributed by atoms with E-state index in [9.17, 15) is 9.18 Å². The monoisotopic (exact) mass is 682 g/mol. The number of halogens is 2. The Balaban J connectivity index is 1.36. The van der Waals surface area contributed by atoms with Gasteiger partial charge < -0.3 is 19.3 Å². The molecule has 6 heterocycles. The van der Waals surface area contributed by atoms with Gasteiger partial charge in [0.15, 0.2) is 0 Å². The summed E-state index contributed by atoms with van der Waals surface area (Å²) in [7, 11) is 3.68. The highest BCUT2D eigenvalue weighted by molar-refractivity contribution is 7.18. The molecule has 4 aromatic heterocycles. The summed E-state index contributed by atoms with van der Waals surface area (Å²) in [6, 6.07) is 7.87. The molecular weight excluding hydrogens is 647 g/mol. The van der Waals surface area contributed by atoms with E-state index in [4.69, 9.17) is 24.5 Å². The molecule has 0 radical (unpaired) electrons. The van der Waals surface area contributed by atoms with Crippen LogP contribution in [0.4, 0.5) is 8.78 Å². The van der Waals surface area contributed by atoms with Gasteiger partial charge in [0.25, 0.3) is 0 Å². The molecule has 8 rings (SSSR count). The molecule has 3 aliphatic rings. The number of rotatable bonds is 8. The quantitative estimate of drug-likeness (QED) is 0.132. The Bertz CT molecular complexity index is 2140. The number of nitrogens with zero attached hydrogens (tertiary/aromatic N) is 6. The molecule has 1 saturated carbocycles. The fourth-order valence-corrected chi connectivity index (χ4v) is 8.51. The van der Waals surface area contributed by atoms with Crippen molar-refractivity contribution in [2.24, 2.45) is 0 Å². The first-order chi connectivity index (χ1) is 23.7. The summed E-state index contributed by atoms with van der Waals surface area (Å²) in [5.74, 6) is -1.63. The van der Waals surface area contributed by atoms with Gasteiger partial charge in [0, 0.05) is 71.7 Å². The van der Waals surface area contributed by atoms with Crippen LogP contribution in [0.25, 0.3) is 43.9 Å². The van der Waals surface area contributed by atoms with Crippen LogP contribution in [-0.2, 0) is 28.0 Å². The minimum atomic E-state index is -0.772. The van der Waals surface area contributed by atoms with Gasteiger partial charge in [-0.2, -0.15) is 5.10 Å². The van der Waals surface area contributed by atoms with Crippen molar-refractivity contribution in [3.63, 3.8) is 0 Å². The van der Waals surface area contributed by atoms with Crippen molar-refractivity contribution in [2.75, 3.05) is 40.5 Å². The van der Waals surface area contributed by atoms with Crippen molar-refractivity contribution in [3.8, 4) is 39.5 Å². The summed E-state index contributed by atoms with van der Waals surface area (Å²) >= 11 is 1.45. The molecule has 1 atom stereocenters. The SMILES string of the molecule is C=CC(=O)N1CCn2nc(-c3nc(-c4cnc5c(c4)CN(C)CC54CC4)c4ccsc4c3-c3c(F)cc(F)cc3OCCOC)cc2C1C. The number of thiophene rings is 1. The van der Waals surface area contributed by atoms with Gasteiger partial charge in [-0.05, 0) is 62.0 Å². The van der Waals surface area contributed by atoms with E-state index in [1.807, 2.05) is 35.3 Å². The number of pyridine rings is 2. The second kappa shape index (κ2) is 12.1. The van der Waals surface area contributed by atoms with Crippen LogP contribution in [0.2, 0.25) is 0 Å². The maximum Gasteiger partial charge on any atom is 0.246 e. The lowest BCUT2D eigenvalue weighted by Gasteiger charge is -2.33. The molecule has 0 bridgehead atoms. The maximum atomic E-state index is 16.2. The zero-order valence-corrected chi connectivity index (χ0v) is 28.4. The molecule has 9 nitrogen and oxygen atoms in total. The number of carbonyl (C=O) groups excluding carboxylic acids is 1. The molecule has 1 aromatic carbocycles. The van der Waals surface area contributed by atoms with Gasteiger partial charge in [-0.15, -0.1) is 11.3 Å².